The first-order valence-electron chi connectivity index (χ1n) is 19.3. The van der Waals surface area contributed by atoms with Crippen LogP contribution in [0.5, 0.6) is 0 Å². The number of hydrogen-bond donors (Lipinski definition) is 0. The van der Waals surface area contributed by atoms with Crippen molar-refractivity contribution in [3.05, 3.63) is 188 Å². The predicted octanol–water partition coefficient (Wildman–Crippen LogP) is 13.5. The van der Waals surface area contributed by atoms with E-state index >= 15 is 0 Å². The smallest absolute Gasteiger partial charge is 0.164 e. The van der Waals surface area contributed by atoms with E-state index in [4.69, 9.17) is 19.4 Å². The summed E-state index contributed by atoms with van der Waals surface area (Å²) in [5.41, 5.74) is 10.6. The van der Waals surface area contributed by atoms with Crippen molar-refractivity contribution >= 4 is 64.8 Å². The number of para-hydroxylation sites is 1. The molecule has 5 nitrogen and oxygen atoms in total. The summed E-state index contributed by atoms with van der Waals surface area (Å²) in [5.74, 6) is 2.20. The largest absolute Gasteiger partial charge is 0.456 e. The molecule has 1 aliphatic carbocycles. The zero-order valence-corrected chi connectivity index (χ0v) is 31.4. The molecule has 0 spiro atoms. The molecule has 7 aromatic carbocycles. The van der Waals surface area contributed by atoms with E-state index in [9.17, 15) is 0 Å². The van der Waals surface area contributed by atoms with E-state index < -0.39 is 0 Å². The molecule has 1 aliphatic heterocycles. The average Bonchev–Trinajstić information content (AvgIpc) is 3.96. The third-order valence-corrected chi connectivity index (χ3v) is 12.7. The van der Waals surface area contributed by atoms with Crippen molar-refractivity contribution in [2.24, 2.45) is 0 Å². The van der Waals surface area contributed by atoms with Crippen LogP contribution in [0.15, 0.2) is 186 Å². The van der Waals surface area contributed by atoms with Gasteiger partial charge in [-0.1, -0.05) is 146 Å². The number of allylic oxidation sites excluding steroid dienone is 2. The Morgan fingerprint density at radius 3 is 1.91 bits per heavy atom. The highest BCUT2D eigenvalue weighted by Crippen LogP contribution is 2.50. The van der Waals surface area contributed by atoms with Crippen LogP contribution in [0.25, 0.3) is 87.4 Å². The lowest BCUT2D eigenvalue weighted by Gasteiger charge is -2.28. The van der Waals surface area contributed by atoms with Gasteiger partial charge < -0.3 is 9.32 Å². The van der Waals surface area contributed by atoms with E-state index in [-0.39, 0.29) is 6.04 Å². The van der Waals surface area contributed by atoms with Crippen LogP contribution >= 0.6 is 11.3 Å². The van der Waals surface area contributed by atoms with Crippen molar-refractivity contribution in [2.75, 3.05) is 4.90 Å². The van der Waals surface area contributed by atoms with E-state index in [1.54, 1.807) is 0 Å². The van der Waals surface area contributed by atoms with Crippen molar-refractivity contribution in [3.8, 4) is 45.3 Å². The Hall–Kier alpha value is -7.15. The van der Waals surface area contributed by atoms with E-state index in [1.807, 2.05) is 84.1 Å². The predicted molar refractivity (Wildman–Crippen MR) is 235 cm³/mol. The zero-order chi connectivity index (χ0) is 37.5. The molecule has 0 radical (unpaired) electrons. The Bertz CT molecular complexity index is 3210. The second-order valence-electron chi connectivity index (χ2n) is 14.7. The van der Waals surface area contributed by atoms with Gasteiger partial charge in [-0.2, -0.15) is 0 Å². The molecular weight excluding hydrogens is 717 g/mol. The fourth-order valence-electron chi connectivity index (χ4n) is 8.95. The van der Waals surface area contributed by atoms with Gasteiger partial charge in [0, 0.05) is 70.5 Å². The Morgan fingerprint density at radius 2 is 1.14 bits per heavy atom. The minimum atomic E-state index is 0.253. The highest BCUT2D eigenvalue weighted by molar-refractivity contribution is 7.26. The lowest BCUT2D eigenvalue weighted by atomic mass is 9.91. The highest BCUT2D eigenvalue weighted by atomic mass is 32.1. The van der Waals surface area contributed by atoms with E-state index in [2.05, 4.69) is 114 Å². The first-order chi connectivity index (χ1) is 28.3. The Morgan fingerprint density at radius 1 is 0.509 bits per heavy atom. The van der Waals surface area contributed by atoms with Crippen molar-refractivity contribution < 1.29 is 4.42 Å². The summed E-state index contributed by atoms with van der Waals surface area (Å²) in [6.45, 7) is 0. The highest BCUT2D eigenvalue weighted by Gasteiger charge is 2.37. The number of rotatable bonds is 5. The molecule has 2 atom stereocenters. The molecule has 0 fully saturated rings. The number of furan rings is 1. The molecule has 12 rings (SSSR count). The lowest BCUT2D eigenvalue weighted by molar-refractivity contribution is 0.669. The molecule has 57 heavy (non-hydrogen) atoms. The minimum absolute atomic E-state index is 0.253. The number of thiophene rings is 1. The van der Waals surface area contributed by atoms with E-state index in [0.717, 1.165) is 44.2 Å². The van der Waals surface area contributed by atoms with Gasteiger partial charge in [0.05, 0.1) is 6.04 Å². The van der Waals surface area contributed by atoms with Crippen molar-refractivity contribution in [1.82, 2.24) is 15.0 Å². The maximum atomic E-state index is 6.64. The number of nitrogens with zero attached hydrogens (tertiary/aromatic N) is 4. The van der Waals surface area contributed by atoms with Crippen LogP contribution in [0.4, 0.5) is 11.4 Å². The van der Waals surface area contributed by atoms with Gasteiger partial charge in [0.15, 0.2) is 17.5 Å². The fraction of sp³-hybridized carbons (Fsp3) is 0.0392. The van der Waals surface area contributed by atoms with Gasteiger partial charge in [0.2, 0.25) is 0 Å². The minimum Gasteiger partial charge on any atom is -0.456 e. The van der Waals surface area contributed by atoms with E-state index in [1.165, 1.54) is 42.7 Å². The summed E-state index contributed by atoms with van der Waals surface area (Å²) in [6.07, 6.45) is 9.04. The van der Waals surface area contributed by atoms with Gasteiger partial charge in [0.25, 0.3) is 0 Å². The fourth-order valence-corrected chi connectivity index (χ4v) is 10.2. The number of benzene rings is 7. The van der Waals surface area contributed by atoms with Gasteiger partial charge in [-0.05, 0) is 47.5 Å². The van der Waals surface area contributed by atoms with Crippen LogP contribution in [-0.2, 0) is 0 Å². The number of anilines is 2. The normalized spacial score (nSPS) is 15.9. The van der Waals surface area contributed by atoms with Gasteiger partial charge in [-0.15, -0.1) is 11.3 Å². The molecule has 0 amide bonds. The number of hydrogen-bond acceptors (Lipinski definition) is 6. The molecule has 3 aromatic heterocycles. The summed E-state index contributed by atoms with van der Waals surface area (Å²) in [6, 6.07) is 55.6. The molecule has 10 aromatic rings. The molecule has 2 unspecified atom stereocenters. The number of fused-ring (bicyclic) bond motifs is 9. The molecule has 0 saturated heterocycles. The molecule has 0 saturated carbocycles. The van der Waals surface area contributed by atoms with Crippen LogP contribution in [0, 0.1) is 0 Å². The van der Waals surface area contributed by atoms with Crippen LogP contribution in [0.1, 0.15) is 11.5 Å². The van der Waals surface area contributed by atoms with Crippen LogP contribution in [-0.4, -0.2) is 21.0 Å². The summed E-state index contributed by atoms with van der Waals surface area (Å²) < 4.78 is 9.16. The first kappa shape index (κ1) is 32.1. The maximum Gasteiger partial charge on any atom is 0.164 e. The van der Waals surface area contributed by atoms with Crippen LogP contribution in [0.3, 0.4) is 0 Å². The lowest BCUT2D eigenvalue weighted by Crippen LogP contribution is -2.28. The van der Waals surface area contributed by atoms with Crippen molar-refractivity contribution in [1.29, 1.82) is 0 Å². The van der Waals surface area contributed by atoms with Gasteiger partial charge in [0.1, 0.15) is 11.2 Å². The van der Waals surface area contributed by atoms with Crippen LogP contribution in [0.2, 0.25) is 0 Å². The van der Waals surface area contributed by atoms with E-state index in [0.29, 0.717) is 23.4 Å². The molecule has 0 N–H and O–H groups in total. The monoisotopic (exact) mass is 748 g/mol. The maximum absolute atomic E-state index is 6.64. The summed E-state index contributed by atoms with van der Waals surface area (Å²) in [7, 11) is 0. The Balaban J connectivity index is 1.05. The Kier molecular flexibility index (Phi) is 7.16. The average molecular weight is 749 g/mol. The molecular formula is C51H32N4OS. The third-order valence-electron chi connectivity index (χ3n) is 11.5. The standard InChI is InChI=1S/C51H32N4OS/c1-3-14-31(15-4-1)49-52-50(32-16-5-2-6-17-32)54-51(53-49)39-23-13-27-44-47(39)46-36(20-12-26-43(46)56-44)37-21-11-22-38-40-30-33(28-29-45(40)57-48(37)38)55-41-24-9-7-18-34(41)35-19-8-10-25-42(35)55/h1-30,34,41H. The van der Waals surface area contributed by atoms with Gasteiger partial charge >= 0.3 is 0 Å². The summed E-state index contributed by atoms with van der Waals surface area (Å²) in [5, 5.41) is 4.56. The Labute approximate surface area is 332 Å². The van der Waals surface area contributed by atoms with Gasteiger partial charge in [-0.3, -0.25) is 0 Å². The molecule has 268 valence electrons. The molecule has 4 heterocycles. The summed E-state index contributed by atoms with van der Waals surface area (Å²) in [4.78, 5) is 17.7. The number of aromatic nitrogens is 3. The summed E-state index contributed by atoms with van der Waals surface area (Å²) >= 11 is 1.85. The van der Waals surface area contributed by atoms with Gasteiger partial charge in [-0.25, -0.2) is 15.0 Å². The molecule has 0 bridgehead atoms. The quantitative estimate of drug-likeness (QED) is 0.175. The first-order valence-corrected chi connectivity index (χ1v) is 20.1. The topological polar surface area (TPSA) is 55.1 Å². The van der Waals surface area contributed by atoms with Crippen molar-refractivity contribution in [3.63, 3.8) is 0 Å². The molecule has 6 heteroatoms. The second kappa shape index (κ2) is 12.7. The van der Waals surface area contributed by atoms with Crippen LogP contribution < -0.4 is 4.90 Å². The second-order valence-corrected chi connectivity index (χ2v) is 15.7. The molecule has 2 aliphatic rings. The SMILES string of the molecule is C1=CC2c3ccccc3N(c3ccc4sc5c(-c6cccc7oc8cccc(-c9nc(-c%10ccccc%10)nc(-c%10ccccc%10)n9)c8c67)cccc5c4c3)C2C=C1. The third kappa shape index (κ3) is 5.04. The van der Waals surface area contributed by atoms with Crippen molar-refractivity contribution in [2.45, 2.75) is 12.0 Å². The zero-order valence-electron chi connectivity index (χ0n) is 30.6.